The largest absolute Gasteiger partial charge is 0.380 e. The van der Waals surface area contributed by atoms with Crippen molar-refractivity contribution in [2.45, 2.75) is 31.9 Å². The van der Waals surface area contributed by atoms with Crippen LogP contribution in [0.4, 0.5) is 0 Å². The minimum absolute atomic E-state index is 0. The quantitative estimate of drug-likeness (QED) is 0.875. The van der Waals surface area contributed by atoms with Crippen molar-refractivity contribution in [3.8, 4) is 0 Å². The molecule has 2 atom stereocenters. The lowest BCUT2D eigenvalue weighted by molar-refractivity contribution is 0.0928. The van der Waals surface area contributed by atoms with E-state index in [1.54, 1.807) is 7.11 Å². The summed E-state index contributed by atoms with van der Waals surface area (Å²) in [6.45, 7) is 1.22. The first-order valence-electron chi connectivity index (χ1n) is 6.83. The smallest absolute Gasteiger partial charge is 0.251 e. The van der Waals surface area contributed by atoms with Gasteiger partial charge in [0, 0.05) is 18.7 Å². The molecule has 0 radical (unpaired) electrons. The molecule has 0 aliphatic heterocycles. The van der Waals surface area contributed by atoms with Crippen LogP contribution in [0.25, 0.3) is 0 Å². The summed E-state index contributed by atoms with van der Waals surface area (Å²) in [6, 6.07) is 7.77. The average molecular weight is 299 g/mol. The summed E-state index contributed by atoms with van der Waals surface area (Å²) in [6.07, 6.45) is 3.31. The second kappa shape index (κ2) is 8.25. The third-order valence-electron chi connectivity index (χ3n) is 3.81. The standard InChI is InChI=1S/C15H22N2O2.ClH/c1-19-10-11-5-7-12(8-6-11)15(18)17-14-4-2-3-13(14)9-16;/h5-8,13-14H,2-4,9-10,16H2,1H3,(H,17,18);1H. The SMILES string of the molecule is COCc1ccc(C(=O)NC2CCCC2CN)cc1.Cl. The number of benzene rings is 1. The fourth-order valence-corrected chi connectivity index (χ4v) is 2.68. The van der Waals surface area contributed by atoms with Crippen molar-refractivity contribution in [3.63, 3.8) is 0 Å². The van der Waals surface area contributed by atoms with Gasteiger partial charge in [0.2, 0.25) is 0 Å². The van der Waals surface area contributed by atoms with Crippen LogP contribution in [0.15, 0.2) is 24.3 Å². The van der Waals surface area contributed by atoms with Crippen molar-refractivity contribution in [2.24, 2.45) is 11.7 Å². The minimum Gasteiger partial charge on any atom is -0.380 e. The second-order valence-electron chi connectivity index (χ2n) is 5.14. The molecule has 0 aromatic heterocycles. The molecule has 1 amide bonds. The predicted octanol–water partition coefficient (Wildman–Crippen LogP) is 2.11. The summed E-state index contributed by atoms with van der Waals surface area (Å²) in [5.41, 5.74) is 7.49. The molecule has 1 aromatic carbocycles. The molecule has 0 saturated heterocycles. The first-order valence-corrected chi connectivity index (χ1v) is 6.83. The molecule has 1 aromatic rings. The van der Waals surface area contributed by atoms with Gasteiger partial charge < -0.3 is 15.8 Å². The Morgan fingerprint density at radius 2 is 2.05 bits per heavy atom. The van der Waals surface area contributed by atoms with Crippen molar-refractivity contribution in [1.29, 1.82) is 0 Å². The Balaban J connectivity index is 0.00000200. The van der Waals surface area contributed by atoms with Gasteiger partial charge in [0.25, 0.3) is 5.91 Å². The van der Waals surface area contributed by atoms with E-state index in [0.29, 0.717) is 24.6 Å². The van der Waals surface area contributed by atoms with Gasteiger partial charge >= 0.3 is 0 Å². The zero-order chi connectivity index (χ0) is 13.7. The first kappa shape index (κ1) is 17.0. The molecule has 1 aliphatic rings. The molecule has 2 rings (SSSR count). The molecule has 1 aliphatic carbocycles. The number of hydrogen-bond acceptors (Lipinski definition) is 3. The number of nitrogens with one attached hydrogen (secondary N) is 1. The molecular formula is C15H23ClN2O2. The van der Waals surface area contributed by atoms with Gasteiger partial charge in [0.05, 0.1) is 6.61 Å². The van der Waals surface area contributed by atoms with Crippen LogP contribution in [0.3, 0.4) is 0 Å². The van der Waals surface area contributed by atoms with Crippen LogP contribution in [0.2, 0.25) is 0 Å². The van der Waals surface area contributed by atoms with Gasteiger partial charge in [-0.2, -0.15) is 0 Å². The predicted molar refractivity (Wildman–Crippen MR) is 82.1 cm³/mol. The van der Waals surface area contributed by atoms with Gasteiger partial charge in [-0.15, -0.1) is 12.4 Å². The minimum atomic E-state index is -0.00526. The van der Waals surface area contributed by atoms with Gasteiger partial charge in [-0.25, -0.2) is 0 Å². The number of hydrogen-bond donors (Lipinski definition) is 2. The second-order valence-corrected chi connectivity index (χ2v) is 5.14. The van der Waals surface area contributed by atoms with Crippen LogP contribution in [0.1, 0.15) is 35.2 Å². The third-order valence-corrected chi connectivity index (χ3v) is 3.81. The maximum atomic E-state index is 12.1. The molecule has 20 heavy (non-hydrogen) atoms. The van der Waals surface area contributed by atoms with Gasteiger partial charge in [0.1, 0.15) is 0 Å². The van der Waals surface area contributed by atoms with Crippen LogP contribution >= 0.6 is 12.4 Å². The lowest BCUT2D eigenvalue weighted by atomic mass is 10.0. The normalized spacial score (nSPS) is 21.3. The highest BCUT2D eigenvalue weighted by Gasteiger charge is 2.27. The Labute approximate surface area is 126 Å². The number of halogens is 1. The van der Waals surface area contributed by atoms with E-state index in [-0.39, 0.29) is 24.4 Å². The number of nitrogens with two attached hydrogens (primary N) is 1. The van der Waals surface area contributed by atoms with Gasteiger partial charge in [-0.1, -0.05) is 18.6 Å². The monoisotopic (exact) mass is 298 g/mol. The highest BCUT2D eigenvalue weighted by molar-refractivity contribution is 5.94. The van der Waals surface area contributed by atoms with Crippen molar-refractivity contribution in [1.82, 2.24) is 5.32 Å². The van der Waals surface area contributed by atoms with E-state index in [0.717, 1.165) is 24.8 Å². The van der Waals surface area contributed by atoms with E-state index in [2.05, 4.69) is 5.32 Å². The van der Waals surface area contributed by atoms with E-state index in [1.165, 1.54) is 0 Å². The molecule has 2 unspecified atom stereocenters. The highest BCUT2D eigenvalue weighted by atomic mass is 35.5. The van der Waals surface area contributed by atoms with E-state index in [1.807, 2.05) is 24.3 Å². The average Bonchev–Trinajstić information content (AvgIpc) is 2.87. The summed E-state index contributed by atoms with van der Waals surface area (Å²) < 4.78 is 5.05. The van der Waals surface area contributed by atoms with Crippen molar-refractivity contribution < 1.29 is 9.53 Å². The molecular weight excluding hydrogens is 276 g/mol. The summed E-state index contributed by atoms with van der Waals surface area (Å²) in [5.74, 6) is 0.422. The Kier molecular flexibility index (Phi) is 6.99. The van der Waals surface area contributed by atoms with Crippen LogP contribution in [0.5, 0.6) is 0 Å². The van der Waals surface area contributed by atoms with Crippen molar-refractivity contribution in [2.75, 3.05) is 13.7 Å². The maximum absolute atomic E-state index is 12.1. The fourth-order valence-electron chi connectivity index (χ4n) is 2.68. The Hall–Kier alpha value is -1.10. The summed E-state index contributed by atoms with van der Waals surface area (Å²) in [7, 11) is 1.66. The van der Waals surface area contributed by atoms with Gasteiger partial charge in [0.15, 0.2) is 0 Å². The van der Waals surface area contributed by atoms with E-state index in [9.17, 15) is 4.79 Å². The molecule has 3 N–H and O–H groups in total. The molecule has 0 spiro atoms. The molecule has 112 valence electrons. The highest BCUT2D eigenvalue weighted by Crippen LogP contribution is 2.24. The first-order chi connectivity index (χ1) is 9.24. The molecule has 1 saturated carbocycles. The lowest BCUT2D eigenvalue weighted by Crippen LogP contribution is -2.39. The van der Waals surface area contributed by atoms with Crippen LogP contribution in [0, 0.1) is 5.92 Å². The number of rotatable bonds is 5. The van der Waals surface area contributed by atoms with Crippen LogP contribution in [-0.2, 0) is 11.3 Å². The lowest BCUT2D eigenvalue weighted by Gasteiger charge is -2.19. The number of carbonyl (C=O) groups excluding carboxylic acids is 1. The molecule has 0 bridgehead atoms. The van der Waals surface area contributed by atoms with Crippen molar-refractivity contribution >= 4 is 18.3 Å². The van der Waals surface area contributed by atoms with Crippen LogP contribution in [-0.4, -0.2) is 25.6 Å². The fraction of sp³-hybridized carbons (Fsp3) is 0.533. The van der Waals surface area contributed by atoms with E-state index in [4.69, 9.17) is 10.5 Å². The Morgan fingerprint density at radius 3 is 2.65 bits per heavy atom. The molecule has 5 heteroatoms. The molecule has 1 fully saturated rings. The molecule has 0 heterocycles. The zero-order valence-corrected chi connectivity index (χ0v) is 12.6. The topological polar surface area (TPSA) is 64.3 Å². The summed E-state index contributed by atoms with van der Waals surface area (Å²) in [4.78, 5) is 12.1. The van der Waals surface area contributed by atoms with Gasteiger partial charge in [-0.3, -0.25) is 4.79 Å². The Morgan fingerprint density at radius 1 is 1.35 bits per heavy atom. The van der Waals surface area contributed by atoms with E-state index >= 15 is 0 Å². The summed E-state index contributed by atoms with van der Waals surface area (Å²) >= 11 is 0. The molecule has 4 nitrogen and oxygen atoms in total. The van der Waals surface area contributed by atoms with Gasteiger partial charge in [-0.05, 0) is 43.0 Å². The Bertz CT molecular complexity index is 422. The van der Waals surface area contributed by atoms with E-state index < -0.39 is 0 Å². The number of methoxy groups -OCH3 is 1. The summed E-state index contributed by atoms with van der Waals surface area (Å²) in [5, 5.41) is 3.10. The number of ether oxygens (including phenoxy) is 1. The maximum Gasteiger partial charge on any atom is 0.251 e. The van der Waals surface area contributed by atoms with Crippen LogP contribution < -0.4 is 11.1 Å². The van der Waals surface area contributed by atoms with Crippen molar-refractivity contribution in [3.05, 3.63) is 35.4 Å². The number of carbonyl (C=O) groups is 1. The zero-order valence-electron chi connectivity index (χ0n) is 11.8. The number of amides is 1. The third kappa shape index (κ3) is 4.20.